The van der Waals surface area contributed by atoms with Gasteiger partial charge in [0, 0.05) is 28.9 Å². The molecule has 0 aliphatic rings. The molecule has 1 heterocycles. The van der Waals surface area contributed by atoms with Gasteiger partial charge in [-0.1, -0.05) is 95.6 Å². The van der Waals surface area contributed by atoms with Crippen molar-refractivity contribution in [2.75, 3.05) is 11.9 Å². The number of carbonyl (C=O) groups is 3. The second-order valence-electron chi connectivity index (χ2n) is 11.8. The largest absolute Gasteiger partial charge is 0.480 e. The number of carboxylic acids is 1. The van der Waals surface area contributed by atoms with Crippen molar-refractivity contribution in [1.29, 1.82) is 0 Å². The van der Waals surface area contributed by atoms with Crippen LogP contribution in [0.25, 0.3) is 34.0 Å². The molecule has 9 heteroatoms. The molecule has 6 rings (SSSR count). The Morgan fingerprint density at radius 3 is 2.00 bits per heavy atom. The molecule has 0 fully saturated rings. The lowest BCUT2D eigenvalue weighted by molar-refractivity contribution is -0.137. The fraction of sp³-hybridized carbons (Fsp3) is 0.125. The van der Waals surface area contributed by atoms with E-state index in [1.165, 1.54) is 10.5 Å². The highest BCUT2D eigenvalue weighted by Gasteiger charge is 2.20. The zero-order chi connectivity index (χ0) is 34.3. The first-order valence-corrected chi connectivity index (χ1v) is 15.8. The molecule has 0 saturated carbocycles. The Balaban J connectivity index is 1.09. The maximum absolute atomic E-state index is 13.4. The number of carboxylic acid groups (broad SMARTS) is 1. The number of hydrogen-bond donors (Lipinski definition) is 2. The van der Waals surface area contributed by atoms with Crippen molar-refractivity contribution in [3.63, 3.8) is 0 Å². The number of amides is 2. The molecule has 0 saturated heterocycles. The number of anilines is 1. The minimum Gasteiger partial charge on any atom is -0.480 e. The topological polar surface area (TPSA) is 126 Å². The SMILES string of the molecule is Cc1ccc(-c2ccc(-c3nc(-c4ccc(CN(CC(=O)O)C(=O)c5ccc(NC(=O)Cc6ccccc6C)cc5)cc4)no3)cc2)cc1. The molecule has 0 bridgehead atoms. The number of aliphatic carboxylic acids is 1. The van der Waals surface area contributed by atoms with Gasteiger partial charge in [-0.15, -0.1) is 0 Å². The Morgan fingerprint density at radius 2 is 1.35 bits per heavy atom. The zero-order valence-corrected chi connectivity index (χ0v) is 27.1. The average molecular weight is 651 g/mol. The van der Waals surface area contributed by atoms with Gasteiger partial charge < -0.3 is 19.8 Å². The monoisotopic (exact) mass is 650 g/mol. The molecule has 9 nitrogen and oxygen atoms in total. The van der Waals surface area contributed by atoms with Gasteiger partial charge in [0.1, 0.15) is 6.54 Å². The molecule has 244 valence electrons. The van der Waals surface area contributed by atoms with E-state index < -0.39 is 18.4 Å². The number of benzene rings is 5. The van der Waals surface area contributed by atoms with Crippen LogP contribution >= 0.6 is 0 Å². The van der Waals surface area contributed by atoms with Crippen LogP contribution in [-0.2, 0) is 22.6 Å². The molecule has 0 radical (unpaired) electrons. The van der Waals surface area contributed by atoms with Crippen molar-refractivity contribution in [3.8, 4) is 34.0 Å². The quantitative estimate of drug-likeness (QED) is 0.148. The average Bonchev–Trinajstić information content (AvgIpc) is 3.60. The first kappa shape index (κ1) is 32.6. The summed E-state index contributed by atoms with van der Waals surface area (Å²) in [6, 6.07) is 37.6. The number of nitrogens with zero attached hydrogens (tertiary/aromatic N) is 3. The van der Waals surface area contributed by atoms with E-state index in [4.69, 9.17) is 4.52 Å². The Morgan fingerprint density at radius 1 is 0.735 bits per heavy atom. The van der Waals surface area contributed by atoms with Crippen LogP contribution in [0.5, 0.6) is 0 Å². The van der Waals surface area contributed by atoms with Crippen LogP contribution in [0.1, 0.15) is 32.6 Å². The van der Waals surface area contributed by atoms with E-state index in [0.29, 0.717) is 28.5 Å². The zero-order valence-electron chi connectivity index (χ0n) is 27.1. The van der Waals surface area contributed by atoms with Gasteiger partial charge in [0.2, 0.25) is 11.7 Å². The predicted octanol–water partition coefficient (Wildman–Crippen LogP) is 7.60. The van der Waals surface area contributed by atoms with E-state index in [-0.39, 0.29) is 18.9 Å². The third kappa shape index (κ3) is 8.15. The first-order valence-electron chi connectivity index (χ1n) is 15.8. The molecule has 0 unspecified atom stereocenters. The van der Waals surface area contributed by atoms with Crippen LogP contribution in [0.4, 0.5) is 5.69 Å². The normalized spacial score (nSPS) is 10.8. The lowest BCUT2D eigenvalue weighted by Crippen LogP contribution is -2.35. The number of nitrogens with one attached hydrogen (secondary N) is 1. The number of aryl methyl sites for hydroxylation is 2. The summed E-state index contributed by atoms with van der Waals surface area (Å²) in [7, 11) is 0. The molecular weight excluding hydrogens is 616 g/mol. The fourth-order valence-electron chi connectivity index (χ4n) is 5.42. The Kier molecular flexibility index (Phi) is 9.71. The van der Waals surface area contributed by atoms with Crippen LogP contribution < -0.4 is 5.32 Å². The lowest BCUT2D eigenvalue weighted by Gasteiger charge is -2.21. The van der Waals surface area contributed by atoms with E-state index in [2.05, 4.69) is 46.6 Å². The highest BCUT2D eigenvalue weighted by atomic mass is 16.5. The Bertz CT molecular complexity index is 2090. The summed E-state index contributed by atoms with van der Waals surface area (Å²) in [6.45, 7) is 3.61. The highest BCUT2D eigenvalue weighted by molar-refractivity contribution is 5.97. The highest BCUT2D eigenvalue weighted by Crippen LogP contribution is 2.27. The van der Waals surface area contributed by atoms with Crippen LogP contribution in [0.15, 0.2) is 126 Å². The molecule has 0 aliphatic heterocycles. The van der Waals surface area contributed by atoms with Crippen molar-refractivity contribution in [2.45, 2.75) is 26.8 Å². The number of rotatable bonds is 11. The van der Waals surface area contributed by atoms with Gasteiger partial charge in [-0.05, 0) is 78.1 Å². The van der Waals surface area contributed by atoms with Gasteiger partial charge in [-0.25, -0.2) is 0 Å². The summed E-state index contributed by atoms with van der Waals surface area (Å²) in [5, 5.41) is 16.5. The lowest BCUT2D eigenvalue weighted by atomic mass is 10.0. The van der Waals surface area contributed by atoms with Crippen LogP contribution in [0.3, 0.4) is 0 Å². The summed E-state index contributed by atoms with van der Waals surface area (Å²) >= 11 is 0. The molecule has 5 aromatic carbocycles. The van der Waals surface area contributed by atoms with Crippen LogP contribution in [0, 0.1) is 13.8 Å². The van der Waals surface area contributed by atoms with Crippen molar-refractivity contribution in [1.82, 2.24) is 15.0 Å². The molecular formula is C40H34N4O5. The van der Waals surface area contributed by atoms with Gasteiger partial charge in [0.05, 0.1) is 6.42 Å². The van der Waals surface area contributed by atoms with E-state index >= 15 is 0 Å². The number of aromatic nitrogens is 2. The van der Waals surface area contributed by atoms with Crippen molar-refractivity contribution in [3.05, 3.63) is 149 Å². The van der Waals surface area contributed by atoms with Crippen LogP contribution in [-0.4, -0.2) is 44.5 Å². The minimum absolute atomic E-state index is 0.0746. The van der Waals surface area contributed by atoms with Crippen molar-refractivity contribution in [2.24, 2.45) is 0 Å². The molecule has 0 spiro atoms. The third-order valence-electron chi connectivity index (χ3n) is 8.17. The third-order valence-corrected chi connectivity index (χ3v) is 8.17. The van der Waals surface area contributed by atoms with Gasteiger partial charge in [-0.3, -0.25) is 14.4 Å². The molecule has 2 amide bonds. The Hall–Kier alpha value is -6.35. The fourth-order valence-corrected chi connectivity index (χ4v) is 5.42. The summed E-state index contributed by atoms with van der Waals surface area (Å²) in [6.07, 6.45) is 0.231. The van der Waals surface area contributed by atoms with Gasteiger partial charge in [0.15, 0.2) is 0 Å². The van der Waals surface area contributed by atoms with Crippen LogP contribution in [0.2, 0.25) is 0 Å². The molecule has 0 aliphatic carbocycles. The molecule has 1 aromatic heterocycles. The number of hydrogen-bond acceptors (Lipinski definition) is 6. The second kappa shape index (κ2) is 14.6. The number of carbonyl (C=O) groups excluding carboxylic acids is 2. The van der Waals surface area contributed by atoms with E-state index in [0.717, 1.165) is 33.4 Å². The van der Waals surface area contributed by atoms with Gasteiger partial charge in [-0.2, -0.15) is 4.98 Å². The standard InChI is InChI=1S/C40H34N4O5/c1-26-7-11-29(12-8-26)30-15-17-32(18-16-30)39-42-38(43-49-39)31-13-9-28(10-14-31)24-44(25-37(46)47)40(48)33-19-21-35(22-20-33)41-36(45)23-34-6-4-3-5-27(34)2/h3-22H,23-25H2,1-2H3,(H,41,45)(H,46,47). The Labute approximate surface area is 283 Å². The van der Waals surface area contributed by atoms with Crippen molar-refractivity contribution >= 4 is 23.5 Å². The van der Waals surface area contributed by atoms with Gasteiger partial charge in [0.25, 0.3) is 11.8 Å². The first-order chi connectivity index (χ1) is 23.7. The summed E-state index contributed by atoms with van der Waals surface area (Å²) < 4.78 is 5.54. The van der Waals surface area contributed by atoms with E-state index in [1.807, 2.05) is 67.6 Å². The summed E-state index contributed by atoms with van der Waals surface area (Å²) in [5.41, 5.74) is 8.48. The summed E-state index contributed by atoms with van der Waals surface area (Å²) in [4.78, 5) is 43.5. The molecule has 6 aromatic rings. The van der Waals surface area contributed by atoms with E-state index in [9.17, 15) is 19.5 Å². The van der Waals surface area contributed by atoms with Crippen molar-refractivity contribution < 1.29 is 24.0 Å². The minimum atomic E-state index is -1.13. The second-order valence-corrected chi connectivity index (χ2v) is 11.8. The van der Waals surface area contributed by atoms with Gasteiger partial charge >= 0.3 is 5.97 Å². The predicted molar refractivity (Wildman–Crippen MR) is 188 cm³/mol. The smallest absolute Gasteiger partial charge is 0.323 e. The molecule has 49 heavy (non-hydrogen) atoms. The van der Waals surface area contributed by atoms with E-state index in [1.54, 1.807) is 36.4 Å². The maximum atomic E-state index is 13.4. The summed E-state index contributed by atoms with van der Waals surface area (Å²) in [5.74, 6) is -0.941. The molecule has 2 N–H and O–H groups in total. The molecule has 0 atom stereocenters. The maximum Gasteiger partial charge on any atom is 0.323 e.